The number of nitrogens with zero attached hydrogens (tertiary/aromatic N) is 3. The zero-order valence-corrected chi connectivity index (χ0v) is 20.4. The molecule has 1 heterocycles. The molecule has 1 unspecified atom stereocenters. The lowest BCUT2D eigenvalue weighted by Gasteiger charge is -2.21. The summed E-state index contributed by atoms with van der Waals surface area (Å²) in [5.74, 6) is -0.835. The standard InChI is InChI=1S/C19H18Br2ClN3O4S/c1-24(11-12(21)10-20)30(28,29)19-8-13(17(26)9-18(19)27)15-6-7-23-25(15)16-5-3-2-4-14(16)22/h2-9,12,26-27H,10-11H2,1H3. The Morgan fingerprint density at radius 2 is 1.90 bits per heavy atom. The van der Waals surface area contributed by atoms with Crippen molar-refractivity contribution in [3.05, 3.63) is 53.7 Å². The van der Waals surface area contributed by atoms with Crippen molar-refractivity contribution >= 4 is 53.5 Å². The lowest BCUT2D eigenvalue weighted by Crippen LogP contribution is -2.32. The SMILES string of the molecule is CN(CC(Br)CBr)S(=O)(=O)c1cc(-c2ccnn2-c2ccccc2Cl)c(O)cc1O. The van der Waals surface area contributed by atoms with Crippen LogP contribution in [0.5, 0.6) is 11.5 Å². The van der Waals surface area contributed by atoms with E-state index in [1.165, 1.54) is 24.0 Å². The summed E-state index contributed by atoms with van der Waals surface area (Å²) in [7, 11) is -2.60. The molecule has 0 saturated heterocycles. The molecule has 160 valence electrons. The molecule has 7 nitrogen and oxygen atoms in total. The zero-order valence-electron chi connectivity index (χ0n) is 15.7. The number of para-hydroxylation sites is 1. The highest BCUT2D eigenvalue weighted by Crippen LogP contribution is 2.39. The van der Waals surface area contributed by atoms with Gasteiger partial charge in [-0.05, 0) is 24.3 Å². The molecule has 0 aliphatic carbocycles. The highest BCUT2D eigenvalue weighted by molar-refractivity contribution is 9.12. The van der Waals surface area contributed by atoms with E-state index in [4.69, 9.17) is 11.6 Å². The molecule has 0 bridgehead atoms. The highest BCUT2D eigenvalue weighted by atomic mass is 79.9. The number of aromatic hydroxyl groups is 2. The van der Waals surface area contributed by atoms with Crippen molar-refractivity contribution in [2.24, 2.45) is 0 Å². The number of halogens is 3. The number of alkyl halides is 2. The minimum absolute atomic E-state index is 0.113. The molecule has 30 heavy (non-hydrogen) atoms. The van der Waals surface area contributed by atoms with E-state index in [0.29, 0.717) is 21.7 Å². The molecule has 0 spiro atoms. The molecule has 2 aromatic carbocycles. The van der Waals surface area contributed by atoms with E-state index in [9.17, 15) is 18.6 Å². The van der Waals surface area contributed by atoms with E-state index in [-0.39, 0.29) is 27.6 Å². The first kappa shape index (κ1) is 23.1. The van der Waals surface area contributed by atoms with E-state index < -0.39 is 15.8 Å². The van der Waals surface area contributed by atoms with Crippen molar-refractivity contribution in [3.63, 3.8) is 0 Å². The van der Waals surface area contributed by atoms with Crippen molar-refractivity contribution < 1.29 is 18.6 Å². The van der Waals surface area contributed by atoms with Gasteiger partial charge in [0, 0.05) is 35.4 Å². The van der Waals surface area contributed by atoms with Crippen LogP contribution >= 0.6 is 43.5 Å². The van der Waals surface area contributed by atoms with E-state index in [0.717, 1.165) is 10.4 Å². The van der Waals surface area contributed by atoms with E-state index >= 15 is 0 Å². The van der Waals surface area contributed by atoms with Crippen LogP contribution in [-0.4, -0.2) is 56.5 Å². The molecule has 3 aromatic rings. The van der Waals surface area contributed by atoms with Crippen LogP contribution in [0.25, 0.3) is 16.9 Å². The number of phenols is 2. The van der Waals surface area contributed by atoms with Crippen LogP contribution in [0.2, 0.25) is 5.02 Å². The van der Waals surface area contributed by atoms with Gasteiger partial charge in [-0.1, -0.05) is 55.6 Å². The molecule has 1 aromatic heterocycles. The highest BCUT2D eigenvalue weighted by Gasteiger charge is 2.28. The van der Waals surface area contributed by atoms with Crippen LogP contribution in [0, 0.1) is 0 Å². The van der Waals surface area contributed by atoms with Crippen molar-refractivity contribution in [2.45, 2.75) is 9.72 Å². The Kier molecular flexibility index (Phi) is 7.13. The fourth-order valence-electron chi connectivity index (χ4n) is 2.89. The molecular formula is C19H18Br2ClN3O4S. The second kappa shape index (κ2) is 9.27. The first-order valence-corrected chi connectivity index (χ1v) is 12.5. The lowest BCUT2D eigenvalue weighted by molar-refractivity contribution is 0.432. The minimum Gasteiger partial charge on any atom is -0.507 e. The maximum atomic E-state index is 13.1. The Hall–Kier alpha value is -1.59. The summed E-state index contributed by atoms with van der Waals surface area (Å²) in [6.45, 7) is 0.181. The van der Waals surface area contributed by atoms with Crippen molar-refractivity contribution in [2.75, 3.05) is 18.9 Å². The monoisotopic (exact) mass is 577 g/mol. The molecular weight excluding hydrogens is 562 g/mol. The molecule has 0 aliphatic rings. The average molecular weight is 580 g/mol. The Bertz CT molecular complexity index is 1170. The first-order valence-electron chi connectivity index (χ1n) is 8.68. The third-order valence-corrected chi connectivity index (χ3v) is 8.82. The molecule has 11 heteroatoms. The predicted octanol–water partition coefficient (Wildman–Crippen LogP) is 4.38. The number of phenolic OH excluding ortho intramolecular Hbond substituents is 2. The second-order valence-corrected chi connectivity index (χ2v) is 10.8. The number of hydrogen-bond acceptors (Lipinski definition) is 5. The quantitative estimate of drug-likeness (QED) is 0.405. The van der Waals surface area contributed by atoms with Crippen LogP contribution in [0.3, 0.4) is 0 Å². The molecule has 1 atom stereocenters. The molecule has 3 rings (SSSR count). The number of hydrogen-bond donors (Lipinski definition) is 2. The van der Waals surface area contributed by atoms with Crippen molar-refractivity contribution in [3.8, 4) is 28.4 Å². The van der Waals surface area contributed by atoms with Crippen LogP contribution in [0.4, 0.5) is 0 Å². The van der Waals surface area contributed by atoms with Gasteiger partial charge in [-0.25, -0.2) is 13.1 Å². The molecule has 2 N–H and O–H groups in total. The minimum atomic E-state index is -4.03. The summed E-state index contributed by atoms with van der Waals surface area (Å²) in [4.78, 5) is -0.434. The van der Waals surface area contributed by atoms with Gasteiger partial charge in [-0.3, -0.25) is 0 Å². The third kappa shape index (κ3) is 4.52. The van der Waals surface area contributed by atoms with Gasteiger partial charge in [-0.15, -0.1) is 0 Å². The summed E-state index contributed by atoms with van der Waals surface area (Å²) < 4.78 is 28.7. The summed E-state index contributed by atoms with van der Waals surface area (Å²) in [6.07, 6.45) is 1.51. The Balaban J connectivity index is 2.13. The average Bonchev–Trinajstić information content (AvgIpc) is 3.17. The van der Waals surface area contributed by atoms with Crippen LogP contribution < -0.4 is 0 Å². The summed E-state index contributed by atoms with van der Waals surface area (Å²) in [5.41, 5.74) is 1.17. The number of sulfonamides is 1. The fourth-order valence-corrected chi connectivity index (χ4v) is 5.23. The molecule has 0 fully saturated rings. The van der Waals surface area contributed by atoms with E-state index in [2.05, 4.69) is 37.0 Å². The summed E-state index contributed by atoms with van der Waals surface area (Å²) >= 11 is 12.9. The second-order valence-electron chi connectivity index (χ2n) is 6.45. The van der Waals surface area contributed by atoms with Gasteiger partial charge in [0.25, 0.3) is 0 Å². The molecule has 0 saturated carbocycles. The third-order valence-electron chi connectivity index (χ3n) is 4.39. The maximum absolute atomic E-state index is 13.1. The normalized spacial score (nSPS) is 13.0. The number of rotatable bonds is 7. The van der Waals surface area contributed by atoms with Gasteiger partial charge >= 0.3 is 0 Å². The van der Waals surface area contributed by atoms with Gasteiger partial charge in [0.15, 0.2) is 0 Å². The summed E-state index contributed by atoms with van der Waals surface area (Å²) in [5, 5.41) is 26.0. The number of aromatic nitrogens is 2. The molecule has 0 radical (unpaired) electrons. The van der Waals surface area contributed by atoms with E-state index in [1.54, 1.807) is 30.3 Å². The first-order chi connectivity index (χ1) is 14.2. The Morgan fingerprint density at radius 1 is 1.20 bits per heavy atom. The maximum Gasteiger partial charge on any atom is 0.246 e. The zero-order chi connectivity index (χ0) is 22.1. The van der Waals surface area contributed by atoms with Crippen molar-refractivity contribution in [1.82, 2.24) is 14.1 Å². The van der Waals surface area contributed by atoms with Crippen LogP contribution in [-0.2, 0) is 10.0 Å². The van der Waals surface area contributed by atoms with Gasteiger partial charge in [0.2, 0.25) is 10.0 Å². The fraction of sp³-hybridized carbons (Fsp3) is 0.211. The largest absolute Gasteiger partial charge is 0.507 e. The lowest BCUT2D eigenvalue weighted by atomic mass is 10.1. The topological polar surface area (TPSA) is 95.7 Å². The van der Waals surface area contributed by atoms with Gasteiger partial charge in [0.1, 0.15) is 16.4 Å². The number of benzene rings is 2. The Labute approximate surface area is 196 Å². The molecule has 0 amide bonds. The van der Waals surface area contributed by atoms with Crippen molar-refractivity contribution in [1.29, 1.82) is 0 Å². The van der Waals surface area contributed by atoms with Gasteiger partial charge < -0.3 is 10.2 Å². The van der Waals surface area contributed by atoms with Gasteiger partial charge in [0.05, 0.1) is 22.6 Å². The van der Waals surface area contributed by atoms with E-state index in [1.807, 2.05) is 0 Å². The Morgan fingerprint density at radius 3 is 2.57 bits per heavy atom. The van der Waals surface area contributed by atoms with Crippen LogP contribution in [0.1, 0.15) is 0 Å². The molecule has 0 aliphatic heterocycles. The summed E-state index contributed by atoms with van der Waals surface area (Å²) in [6, 6.07) is 10.9. The predicted molar refractivity (Wildman–Crippen MR) is 124 cm³/mol. The smallest absolute Gasteiger partial charge is 0.246 e. The van der Waals surface area contributed by atoms with Crippen LogP contribution in [0.15, 0.2) is 53.6 Å². The van der Waals surface area contributed by atoms with Gasteiger partial charge in [-0.2, -0.15) is 9.40 Å².